The van der Waals surface area contributed by atoms with Gasteiger partial charge in [-0.15, -0.1) is 6.58 Å². The summed E-state index contributed by atoms with van der Waals surface area (Å²) in [5.41, 5.74) is 0. The average Bonchev–Trinajstić information content (AvgIpc) is 2.11. The van der Waals surface area contributed by atoms with E-state index in [1.165, 1.54) is 6.42 Å². The number of unbranched alkanes of at least 4 members (excludes halogenated alkanes) is 1. The molecule has 0 N–H and O–H groups in total. The summed E-state index contributed by atoms with van der Waals surface area (Å²) < 4.78 is 5.13. The van der Waals surface area contributed by atoms with Gasteiger partial charge >= 0.3 is 0 Å². The Bertz CT molecular complexity index is 166. The molecule has 0 saturated heterocycles. The van der Waals surface area contributed by atoms with Crippen LogP contribution in [0.1, 0.15) is 26.2 Å². The van der Waals surface area contributed by atoms with Gasteiger partial charge in [0.25, 0.3) is 0 Å². The first-order valence-corrected chi connectivity index (χ1v) is 4.36. The SMILES string of the molecule is C=CCC=C(C=CCCC)OC. The van der Waals surface area contributed by atoms with Crippen LogP contribution in [0.15, 0.2) is 36.6 Å². The molecular formula is C11H18O. The van der Waals surface area contributed by atoms with Crippen LogP contribution in [-0.2, 0) is 4.74 Å². The number of hydrogen-bond donors (Lipinski definition) is 0. The topological polar surface area (TPSA) is 9.23 Å². The standard InChI is InChI=1S/C11H18O/c1-4-6-8-10-11(12-3)9-7-5-2/h5,8-10H,2,4,6-7H2,1,3H3. The molecule has 0 aromatic heterocycles. The fraction of sp³-hybridized carbons (Fsp3) is 0.455. The highest BCUT2D eigenvalue weighted by Gasteiger charge is 1.85. The lowest BCUT2D eigenvalue weighted by Crippen LogP contribution is -1.80. The van der Waals surface area contributed by atoms with Crippen LogP contribution in [-0.4, -0.2) is 7.11 Å². The monoisotopic (exact) mass is 166 g/mol. The van der Waals surface area contributed by atoms with Gasteiger partial charge in [0.05, 0.1) is 7.11 Å². The van der Waals surface area contributed by atoms with Crippen LogP contribution >= 0.6 is 0 Å². The van der Waals surface area contributed by atoms with E-state index in [1.54, 1.807) is 7.11 Å². The molecule has 0 aliphatic rings. The second kappa shape index (κ2) is 8.12. The van der Waals surface area contributed by atoms with E-state index >= 15 is 0 Å². The number of methoxy groups -OCH3 is 1. The van der Waals surface area contributed by atoms with Crippen LogP contribution in [0.5, 0.6) is 0 Å². The lowest BCUT2D eigenvalue weighted by Gasteiger charge is -1.98. The predicted octanol–water partition coefficient (Wildman–Crippen LogP) is 3.45. The van der Waals surface area contributed by atoms with E-state index in [4.69, 9.17) is 4.74 Å². The molecule has 0 aromatic rings. The zero-order valence-electron chi connectivity index (χ0n) is 8.05. The Morgan fingerprint density at radius 3 is 2.75 bits per heavy atom. The number of hydrogen-bond acceptors (Lipinski definition) is 1. The van der Waals surface area contributed by atoms with Crippen LogP contribution in [0, 0.1) is 0 Å². The van der Waals surface area contributed by atoms with Crippen LogP contribution in [0.3, 0.4) is 0 Å². The highest BCUT2D eigenvalue weighted by atomic mass is 16.5. The van der Waals surface area contributed by atoms with Crippen LogP contribution in [0.4, 0.5) is 0 Å². The Balaban J connectivity index is 3.88. The highest BCUT2D eigenvalue weighted by molar-refractivity contribution is 5.12. The third kappa shape index (κ3) is 5.78. The van der Waals surface area contributed by atoms with Gasteiger partial charge in [-0.25, -0.2) is 0 Å². The summed E-state index contributed by atoms with van der Waals surface area (Å²) in [6.07, 6.45) is 11.1. The molecule has 0 fully saturated rings. The molecule has 0 unspecified atom stereocenters. The molecule has 0 atom stereocenters. The van der Waals surface area contributed by atoms with Crippen molar-refractivity contribution >= 4 is 0 Å². The van der Waals surface area contributed by atoms with Crippen molar-refractivity contribution in [1.82, 2.24) is 0 Å². The van der Waals surface area contributed by atoms with E-state index < -0.39 is 0 Å². The van der Waals surface area contributed by atoms with Gasteiger partial charge in [0.1, 0.15) is 5.76 Å². The van der Waals surface area contributed by atoms with Crippen molar-refractivity contribution in [2.24, 2.45) is 0 Å². The molecule has 0 aromatic carbocycles. The van der Waals surface area contributed by atoms with Crippen molar-refractivity contribution in [2.75, 3.05) is 7.11 Å². The summed E-state index contributed by atoms with van der Waals surface area (Å²) in [7, 11) is 1.69. The third-order valence-electron chi connectivity index (χ3n) is 1.46. The summed E-state index contributed by atoms with van der Waals surface area (Å²) >= 11 is 0. The maximum atomic E-state index is 5.13. The van der Waals surface area contributed by atoms with Gasteiger partial charge < -0.3 is 4.74 Å². The van der Waals surface area contributed by atoms with Crippen molar-refractivity contribution in [3.63, 3.8) is 0 Å². The Labute approximate surface area is 75.4 Å². The third-order valence-corrected chi connectivity index (χ3v) is 1.46. The van der Waals surface area contributed by atoms with E-state index in [0.717, 1.165) is 18.6 Å². The second-order valence-electron chi connectivity index (χ2n) is 2.53. The van der Waals surface area contributed by atoms with Gasteiger partial charge in [0.2, 0.25) is 0 Å². The van der Waals surface area contributed by atoms with Gasteiger partial charge in [-0.3, -0.25) is 0 Å². The van der Waals surface area contributed by atoms with E-state index in [2.05, 4.69) is 19.6 Å². The quantitative estimate of drug-likeness (QED) is 0.333. The fourth-order valence-corrected chi connectivity index (χ4v) is 0.785. The van der Waals surface area contributed by atoms with E-state index in [0.29, 0.717) is 0 Å². The fourth-order valence-electron chi connectivity index (χ4n) is 0.785. The minimum atomic E-state index is 0.861. The highest BCUT2D eigenvalue weighted by Crippen LogP contribution is 2.01. The number of rotatable bonds is 6. The van der Waals surface area contributed by atoms with Crippen molar-refractivity contribution in [2.45, 2.75) is 26.2 Å². The van der Waals surface area contributed by atoms with E-state index in [1.807, 2.05) is 18.2 Å². The lowest BCUT2D eigenvalue weighted by atomic mass is 10.3. The molecule has 68 valence electrons. The maximum Gasteiger partial charge on any atom is 0.114 e. The summed E-state index contributed by atoms with van der Waals surface area (Å²) in [4.78, 5) is 0. The Morgan fingerprint density at radius 2 is 2.25 bits per heavy atom. The second-order valence-corrected chi connectivity index (χ2v) is 2.53. The lowest BCUT2D eigenvalue weighted by molar-refractivity contribution is 0.305. The van der Waals surface area contributed by atoms with Gasteiger partial charge in [0, 0.05) is 0 Å². The first kappa shape index (κ1) is 11.0. The van der Waals surface area contributed by atoms with Gasteiger partial charge in [-0.1, -0.05) is 25.5 Å². The van der Waals surface area contributed by atoms with Crippen LogP contribution < -0.4 is 0 Å². The number of ether oxygens (including phenoxy) is 1. The van der Waals surface area contributed by atoms with E-state index in [-0.39, 0.29) is 0 Å². The van der Waals surface area contributed by atoms with E-state index in [9.17, 15) is 0 Å². The predicted molar refractivity (Wildman–Crippen MR) is 54.0 cm³/mol. The first-order chi connectivity index (χ1) is 5.85. The average molecular weight is 166 g/mol. The van der Waals surface area contributed by atoms with Crippen molar-refractivity contribution in [3.05, 3.63) is 36.6 Å². The maximum absolute atomic E-state index is 5.13. The molecule has 0 heterocycles. The van der Waals surface area contributed by atoms with Crippen LogP contribution in [0.25, 0.3) is 0 Å². The molecule has 0 aliphatic carbocycles. The molecule has 0 radical (unpaired) electrons. The van der Waals surface area contributed by atoms with Crippen molar-refractivity contribution in [3.8, 4) is 0 Å². The smallest absolute Gasteiger partial charge is 0.114 e. The molecule has 0 bridgehead atoms. The summed E-state index contributed by atoms with van der Waals surface area (Å²) in [5.74, 6) is 0.920. The normalized spacial score (nSPS) is 12.0. The minimum absolute atomic E-state index is 0.861. The summed E-state index contributed by atoms with van der Waals surface area (Å²) in [5, 5.41) is 0. The molecule has 0 rings (SSSR count). The Kier molecular flexibility index (Phi) is 7.46. The van der Waals surface area contributed by atoms with Crippen molar-refractivity contribution in [1.29, 1.82) is 0 Å². The number of allylic oxidation sites excluding steroid dienone is 4. The summed E-state index contributed by atoms with van der Waals surface area (Å²) in [6, 6.07) is 0. The molecule has 12 heavy (non-hydrogen) atoms. The summed E-state index contributed by atoms with van der Waals surface area (Å²) in [6.45, 7) is 5.80. The molecular weight excluding hydrogens is 148 g/mol. The Morgan fingerprint density at radius 1 is 1.50 bits per heavy atom. The first-order valence-electron chi connectivity index (χ1n) is 4.36. The van der Waals surface area contributed by atoms with Crippen LogP contribution in [0.2, 0.25) is 0 Å². The molecule has 1 nitrogen and oxygen atoms in total. The molecule has 0 saturated carbocycles. The Hall–Kier alpha value is -0.980. The van der Waals surface area contributed by atoms with Gasteiger partial charge in [0.15, 0.2) is 0 Å². The minimum Gasteiger partial charge on any atom is -0.497 e. The van der Waals surface area contributed by atoms with Gasteiger partial charge in [-0.05, 0) is 25.0 Å². The zero-order chi connectivity index (χ0) is 9.23. The zero-order valence-corrected chi connectivity index (χ0v) is 8.05. The molecule has 0 spiro atoms. The van der Waals surface area contributed by atoms with Gasteiger partial charge in [-0.2, -0.15) is 0 Å². The largest absolute Gasteiger partial charge is 0.497 e. The molecule has 0 aliphatic heterocycles. The molecule has 0 amide bonds. The molecule has 1 heteroatoms. The van der Waals surface area contributed by atoms with Crippen molar-refractivity contribution < 1.29 is 4.74 Å².